The van der Waals surface area contributed by atoms with Gasteiger partial charge in [0, 0.05) is 19.7 Å². The minimum atomic E-state index is 0.282. The highest BCUT2D eigenvalue weighted by Crippen LogP contribution is 2.09. The van der Waals surface area contributed by atoms with E-state index >= 15 is 0 Å². The largest absolute Gasteiger partial charge is 0.299 e. The van der Waals surface area contributed by atoms with E-state index in [1.54, 1.807) is 4.68 Å². The molecule has 0 aliphatic rings. The number of hydrogen-bond acceptors (Lipinski definition) is 3. The summed E-state index contributed by atoms with van der Waals surface area (Å²) in [6, 6.07) is 0. The maximum absolute atomic E-state index is 11.7. The number of hydrogen-bond donors (Lipinski definition) is 0. The number of aryl methyl sites for hydroxylation is 1. The molecule has 1 rings (SSSR count). The normalized spacial score (nSPS) is 10.8. The number of unbranched alkanes of at least 4 members (excludes halogenated alkanes) is 6. The molecule has 0 aliphatic carbocycles. The second-order valence-electron chi connectivity index (χ2n) is 4.97. The van der Waals surface area contributed by atoms with Gasteiger partial charge in [0.05, 0.1) is 12.1 Å². The fourth-order valence-electron chi connectivity index (χ4n) is 2.05. The van der Waals surface area contributed by atoms with Gasteiger partial charge in [-0.05, 0) is 6.42 Å². The van der Waals surface area contributed by atoms with Crippen LogP contribution in [-0.2, 0) is 18.3 Å². The molecule has 18 heavy (non-hydrogen) atoms. The molecule has 0 unspecified atom stereocenters. The van der Waals surface area contributed by atoms with Gasteiger partial charge in [-0.2, -0.15) is 0 Å². The van der Waals surface area contributed by atoms with Crippen LogP contribution in [0.3, 0.4) is 0 Å². The Balaban J connectivity index is 2.00. The summed E-state index contributed by atoms with van der Waals surface area (Å²) in [5, 5.41) is 7.75. The third-order valence-electron chi connectivity index (χ3n) is 3.09. The van der Waals surface area contributed by atoms with Crippen molar-refractivity contribution in [3.63, 3.8) is 0 Å². The molecule has 0 aromatic carbocycles. The summed E-state index contributed by atoms with van der Waals surface area (Å²) in [7, 11) is 1.82. The highest BCUT2D eigenvalue weighted by molar-refractivity contribution is 5.80. The molecule has 1 aromatic heterocycles. The second-order valence-corrected chi connectivity index (χ2v) is 4.97. The molecule has 0 fully saturated rings. The Morgan fingerprint density at radius 1 is 1.17 bits per heavy atom. The monoisotopic (exact) mass is 251 g/mol. The van der Waals surface area contributed by atoms with Gasteiger partial charge in [0.15, 0.2) is 0 Å². The van der Waals surface area contributed by atoms with Gasteiger partial charge in [-0.15, -0.1) is 5.10 Å². The van der Waals surface area contributed by atoms with E-state index in [9.17, 15) is 4.79 Å². The van der Waals surface area contributed by atoms with Crippen molar-refractivity contribution in [3.8, 4) is 0 Å². The maximum Gasteiger partial charge on any atom is 0.138 e. The van der Waals surface area contributed by atoms with E-state index in [4.69, 9.17) is 0 Å². The summed E-state index contributed by atoms with van der Waals surface area (Å²) in [6.07, 6.45) is 11.7. The fraction of sp³-hybridized carbons (Fsp3) is 0.786. The van der Waals surface area contributed by atoms with Crippen LogP contribution in [0.4, 0.5) is 0 Å². The second kappa shape index (κ2) is 8.84. The molecular weight excluding hydrogens is 226 g/mol. The Morgan fingerprint density at radius 2 is 1.83 bits per heavy atom. The third-order valence-corrected chi connectivity index (χ3v) is 3.09. The highest BCUT2D eigenvalue weighted by atomic mass is 16.1. The van der Waals surface area contributed by atoms with Gasteiger partial charge in [-0.25, -0.2) is 0 Å². The summed E-state index contributed by atoms with van der Waals surface area (Å²) >= 11 is 0. The lowest BCUT2D eigenvalue weighted by Gasteiger charge is -2.00. The summed E-state index contributed by atoms with van der Waals surface area (Å²) in [6.45, 7) is 2.23. The summed E-state index contributed by atoms with van der Waals surface area (Å²) < 4.78 is 1.64. The van der Waals surface area contributed by atoms with E-state index in [0.29, 0.717) is 12.8 Å². The first kappa shape index (κ1) is 14.9. The molecule has 0 saturated heterocycles. The molecule has 0 bridgehead atoms. The van der Waals surface area contributed by atoms with Crippen molar-refractivity contribution in [1.82, 2.24) is 15.0 Å². The molecule has 4 nitrogen and oxygen atoms in total. The number of nitrogens with zero attached hydrogens (tertiary/aromatic N) is 3. The van der Waals surface area contributed by atoms with Crippen molar-refractivity contribution in [1.29, 1.82) is 0 Å². The quantitative estimate of drug-likeness (QED) is 0.600. The zero-order valence-corrected chi connectivity index (χ0v) is 11.7. The van der Waals surface area contributed by atoms with Crippen LogP contribution in [0.25, 0.3) is 0 Å². The van der Waals surface area contributed by atoms with Crippen molar-refractivity contribution in [3.05, 3.63) is 11.9 Å². The number of aromatic nitrogens is 3. The maximum atomic E-state index is 11.7. The lowest BCUT2D eigenvalue weighted by Crippen LogP contribution is -2.02. The van der Waals surface area contributed by atoms with Crippen LogP contribution in [0, 0.1) is 0 Å². The predicted molar refractivity (Wildman–Crippen MR) is 72.3 cm³/mol. The molecule has 0 spiro atoms. The zero-order chi connectivity index (χ0) is 13.2. The Kier molecular flexibility index (Phi) is 7.30. The average Bonchev–Trinajstić information content (AvgIpc) is 2.73. The van der Waals surface area contributed by atoms with E-state index in [-0.39, 0.29) is 5.78 Å². The SMILES string of the molecule is CCCCCCCCCC(=O)Cc1cn(C)nn1. The minimum absolute atomic E-state index is 0.282. The van der Waals surface area contributed by atoms with Crippen molar-refractivity contribution in [2.75, 3.05) is 0 Å². The van der Waals surface area contributed by atoms with Crippen molar-refractivity contribution in [2.24, 2.45) is 7.05 Å². The minimum Gasteiger partial charge on any atom is -0.299 e. The van der Waals surface area contributed by atoms with Crippen LogP contribution in [0.1, 0.15) is 64.0 Å². The van der Waals surface area contributed by atoms with Crippen LogP contribution in [0.5, 0.6) is 0 Å². The third kappa shape index (κ3) is 6.52. The van der Waals surface area contributed by atoms with Crippen LogP contribution >= 0.6 is 0 Å². The molecule has 1 aromatic rings. The number of ketones is 1. The van der Waals surface area contributed by atoms with Gasteiger partial charge >= 0.3 is 0 Å². The van der Waals surface area contributed by atoms with Crippen LogP contribution < -0.4 is 0 Å². The van der Waals surface area contributed by atoms with Crippen molar-refractivity contribution < 1.29 is 4.79 Å². The van der Waals surface area contributed by atoms with Crippen LogP contribution in [-0.4, -0.2) is 20.8 Å². The van der Waals surface area contributed by atoms with Crippen LogP contribution in [0.2, 0.25) is 0 Å². The number of carbonyl (C=O) groups excluding carboxylic acids is 1. The topological polar surface area (TPSA) is 47.8 Å². The Labute approximate surface area is 110 Å². The summed E-state index contributed by atoms with van der Waals surface area (Å²) in [5.41, 5.74) is 0.783. The molecule has 0 saturated carbocycles. The number of Topliss-reactive ketones (excluding diaryl/α,β-unsaturated/α-hetero) is 1. The van der Waals surface area contributed by atoms with Gasteiger partial charge in [0.1, 0.15) is 5.78 Å². The zero-order valence-electron chi connectivity index (χ0n) is 11.7. The van der Waals surface area contributed by atoms with E-state index in [0.717, 1.165) is 12.1 Å². The first-order chi connectivity index (χ1) is 8.72. The average molecular weight is 251 g/mol. The Bertz CT molecular complexity index is 347. The van der Waals surface area contributed by atoms with Crippen molar-refractivity contribution >= 4 is 5.78 Å². The number of rotatable bonds is 10. The highest BCUT2D eigenvalue weighted by Gasteiger charge is 2.06. The molecule has 1 heterocycles. The van der Waals surface area contributed by atoms with Crippen LogP contribution in [0.15, 0.2) is 6.20 Å². The first-order valence-electron chi connectivity index (χ1n) is 7.09. The van der Waals surface area contributed by atoms with Gasteiger partial charge in [0.25, 0.3) is 0 Å². The smallest absolute Gasteiger partial charge is 0.138 e. The molecule has 0 atom stereocenters. The molecule has 4 heteroatoms. The molecule has 0 aliphatic heterocycles. The molecule has 0 amide bonds. The fourth-order valence-corrected chi connectivity index (χ4v) is 2.05. The molecule has 0 radical (unpaired) electrons. The number of carbonyl (C=O) groups is 1. The molecular formula is C14H25N3O. The summed E-state index contributed by atoms with van der Waals surface area (Å²) in [5.74, 6) is 0.282. The van der Waals surface area contributed by atoms with Gasteiger partial charge in [0.2, 0.25) is 0 Å². The lowest BCUT2D eigenvalue weighted by atomic mass is 10.1. The lowest BCUT2D eigenvalue weighted by molar-refractivity contribution is -0.118. The Hall–Kier alpha value is -1.19. The van der Waals surface area contributed by atoms with E-state index < -0.39 is 0 Å². The predicted octanol–water partition coefficient (Wildman–Crippen LogP) is 3.07. The Morgan fingerprint density at radius 3 is 2.44 bits per heavy atom. The van der Waals surface area contributed by atoms with E-state index in [1.807, 2.05) is 13.2 Å². The van der Waals surface area contributed by atoms with Gasteiger partial charge in [-0.3, -0.25) is 9.48 Å². The molecule has 0 N–H and O–H groups in total. The first-order valence-corrected chi connectivity index (χ1v) is 7.09. The van der Waals surface area contributed by atoms with E-state index in [2.05, 4.69) is 17.2 Å². The standard InChI is InChI=1S/C14H25N3O/c1-3-4-5-6-7-8-9-10-14(18)11-13-12-17(2)16-15-13/h12H,3-11H2,1-2H3. The van der Waals surface area contributed by atoms with Gasteiger partial charge < -0.3 is 0 Å². The van der Waals surface area contributed by atoms with Gasteiger partial charge in [-0.1, -0.05) is 50.7 Å². The van der Waals surface area contributed by atoms with E-state index in [1.165, 1.54) is 38.5 Å². The van der Waals surface area contributed by atoms with Crippen molar-refractivity contribution in [2.45, 2.75) is 64.7 Å². The molecule has 102 valence electrons. The summed E-state index contributed by atoms with van der Waals surface area (Å²) in [4.78, 5) is 11.7.